The number of thioether (sulfide) groups is 1. The summed E-state index contributed by atoms with van der Waals surface area (Å²) in [7, 11) is 1.63. The molecule has 5 nitrogen and oxygen atoms in total. The maximum atomic E-state index is 13.0. The summed E-state index contributed by atoms with van der Waals surface area (Å²) in [6.45, 7) is 5.96. The molecule has 30 heavy (non-hydrogen) atoms. The summed E-state index contributed by atoms with van der Waals surface area (Å²) in [4.78, 5) is 29.1. The first-order chi connectivity index (χ1) is 14.4. The van der Waals surface area contributed by atoms with Gasteiger partial charge < -0.3 is 15.0 Å². The molecule has 2 heterocycles. The van der Waals surface area contributed by atoms with Crippen LogP contribution in [0.1, 0.15) is 36.2 Å². The summed E-state index contributed by atoms with van der Waals surface area (Å²) in [5.74, 6) is 1.67. The van der Waals surface area contributed by atoms with Gasteiger partial charge in [-0.3, -0.25) is 9.59 Å². The summed E-state index contributed by atoms with van der Waals surface area (Å²) in [5, 5.41) is 2.95. The van der Waals surface area contributed by atoms with E-state index in [-0.39, 0.29) is 11.8 Å². The summed E-state index contributed by atoms with van der Waals surface area (Å²) in [6.07, 6.45) is 3.02. The zero-order valence-electron chi connectivity index (χ0n) is 17.5. The van der Waals surface area contributed by atoms with Crippen LogP contribution in [0.2, 0.25) is 0 Å². The number of benzene rings is 2. The van der Waals surface area contributed by atoms with Crippen molar-refractivity contribution in [2.24, 2.45) is 11.8 Å². The smallest absolute Gasteiger partial charge is 0.262 e. The van der Waals surface area contributed by atoms with Gasteiger partial charge in [-0.25, -0.2) is 0 Å². The number of hydrogen-bond acceptors (Lipinski definition) is 4. The molecule has 0 saturated carbocycles. The fourth-order valence-electron chi connectivity index (χ4n) is 4.16. The Morgan fingerprint density at radius 3 is 2.50 bits per heavy atom. The molecule has 2 aliphatic heterocycles. The highest BCUT2D eigenvalue weighted by Crippen LogP contribution is 2.39. The average Bonchev–Trinajstić information content (AvgIpc) is 2.73. The van der Waals surface area contributed by atoms with Gasteiger partial charge in [0.1, 0.15) is 5.75 Å². The molecule has 2 aromatic carbocycles. The lowest BCUT2D eigenvalue weighted by Gasteiger charge is -2.35. The Balaban J connectivity index is 1.53. The highest BCUT2D eigenvalue weighted by Gasteiger charge is 2.28. The van der Waals surface area contributed by atoms with Gasteiger partial charge in [0.2, 0.25) is 0 Å². The van der Waals surface area contributed by atoms with E-state index in [4.69, 9.17) is 4.74 Å². The van der Waals surface area contributed by atoms with Gasteiger partial charge in [-0.05, 0) is 60.2 Å². The molecular formula is C24H26N2O3S. The Hall–Kier alpha value is -2.73. The fourth-order valence-corrected chi connectivity index (χ4v) is 5.09. The van der Waals surface area contributed by atoms with Gasteiger partial charge in [0.25, 0.3) is 11.8 Å². The molecule has 2 atom stereocenters. The van der Waals surface area contributed by atoms with Gasteiger partial charge in [0, 0.05) is 23.5 Å². The van der Waals surface area contributed by atoms with E-state index in [1.165, 1.54) is 11.8 Å². The van der Waals surface area contributed by atoms with E-state index in [1.807, 2.05) is 47.4 Å². The van der Waals surface area contributed by atoms with Crippen molar-refractivity contribution in [2.45, 2.75) is 25.2 Å². The molecular weight excluding hydrogens is 396 g/mol. The summed E-state index contributed by atoms with van der Waals surface area (Å²) in [5.41, 5.74) is 2.25. The van der Waals surface area contributed by atoms with E-state index in [9.17, 15) is 9.59 Å². The highest BCUT2D eigenvalue weighted by molar-refractivity contribution is 8.04. The Morgan fingerprint density at radius 2 is 1.83 bits per heavy atom. The minimum Gasteiger partial charge on any atom is -0.497 e. The van der Waals surface area contributed by atoms with Crippen LogP contribution in [0.4, 0.5) is 5.69 Å². The molecule has 0 bridgehead atoms. The van der Waals surface area contributed by atoms with Crippen LogP contribution in [0.15, 0.2) is 52.3 Å². The first-order valence-electron chi connectivity index (χ1n) is 10.2. The van der Waals surface area contributed by atoms with Crippen molar-refractivity contribution in [2.75, 3.05) is 25.5 Å². The predicted molar refractivity (Wildman–Crippen MR) is 121 cm³/mol. The molecule has 2 unspecified atom stereocenters. The van der Waals surface area contributed by atoms with Crippen molar-refractivity contribution in [3.05, 3.63) is 58.5 Å². The van der Waals surface area contributed by atoms with Gasteiger partial charge in [-0.2, -0.15) is 0 Å². The number of rotatable bonds is 3. The first kappa shape index (κ1) is 20.5. The first-order valence-corrected chi connectivity index (χ1v) is 11.0. The second-order valence-electron chi connectivity index (χ2n) is 8.21. The van der Waals surface area contributed by atoms with E-state index in [0.29, 0.717) is 28.0 Å². The topological polar surface area (TPSA) is 58.6 Å². The number of hydrogen-bond donors (Lipinski definition) is 1. The van der Waals surface area contributed by atoms with E-state index in [1.54, 1.807) is 13.2 Å². The van der Waals surface area contributed by atoms with Crippen LogP contribution in [0.5, 0.6) is 5.75 Å². The standard InChI is InChI=1S/C24H26N2O3S/c1-15-10-16(2)14-26(13-15)24(28)18-6-9-21-20(12-18)25-23(27)22(30-21)11-17-4-7-19(29-3)8-5-17/h4-9,11-12,15-16H,10,13-14H2,1-3H3,(H,25,27). The van der Waals surface area contributed by atoms with E-state index < -0.39 is 0 Å². The third-order valence-electron chi connectivity index (χ3n) is 5.49. The number of amides is 2. The number of methoxy groups -OCH3 is 1. The zero-order valence-corrected chi connectivity index (χ0v) is 18.3. The monoisotopic (exact) mass is 422 g/mol. The Morgan fingerprint density at radius 1 is 1.13 bits per heavy atom. The molecule has 1 N–H and O–H groups in total. The maximum absolute atomic E-state index is 13.0. The van der Waals surface area contributed by atoms with Crippen LogP contribution in [0.3, 0.4) is 0 Å². The fraction of sp³-hybridized carbons (Fsp3) is 0.333. The van der Waals surface area contributed by atoms with Crippen LogP contribution in [0.25, 0.3) is 6.08 Å². The molecule has 4 rings (SSSR count). The number of anilines is 1. The molecule has 0 radical (unpaired) electrons. The second-order valence-corrected chi connectivity index (χ2v) is 9.29. The number of fused-ring (bicyclic) bond motifs is 1. The molecule has 1 saturated heterocycles. The lowest BCUT2D eigenvalue weighted by atomic mass is 9.91. The van der Waals surface area contributed by atoms with Crippen molar-refractivity contribution >= 4 is 35.3 Å². The average molecular weight is 423 g/mol. The lowest BCUT2D eigenvalue weighted by molar-refractivity contribution is -0.112. The molecule has 2 aromatic rings. The maximum Gasteiger partial charge on any atom is 0.262 e. The van der Waals surface area contributed by atoms with Crippen LogP contribution in [-0.2, 0) is 4.79 Å². The van der Waals surface area contributed by atoms with Crippen LogP contribution in [0, 0.1) is 11.8 Å². The largest absolute Gasteiger partial charge is 0.497 e. The minimum absolute atomic E-state index is 0.0371. The zero-order chi connectivity index (χ0) is 21.3. The molecule has 156 valence electrons. The molecule has 2 aliphatic rings. The Bertz CT molecular complexity index is 990. The number of carbonyl (C=O) groups is 2. The van der Waals surface area contributed by atoms with Gasteiger partial charge in [0.05, 0.1) is 17.7 Å². The summed E-state index contributed by atoms with van der Waals surface area (Å²) >= 11 is 1.42. The Labute approximate surface area is 181 Å². The number of nitrogens with zero attached hydrogens (tertiary/aromatic N) is 1. The Kier molecular flexibility index (Phi) is 5.86. The highest BCUT2D eigenvalue weighted by atomic mass is 32.2. The quantitative estimate of drug-likeness (QED) is 0.715. The number of carbonyl (C=O) groups excluding carboxylic acids is 2. The third-order valence-corrected chi connectivity index (χ3v) is 6.59. The number of nitrogens with one attached hydrogen (secondary N) is 1. The van der Waals surface area contributed by atoms with Crippen molar-refractivity contribution in [1.29, 1.82) is 0 Å². The van der Waals surface area contributed by atoms with E-state index >= 15 is 0 Å². The summed E-state index contributed by atoms with van der Waals surface area (Å²) < 4.78 is 5.18. The molecule has 2 amide bonds. The number of piperidine rings is 1. The van der Waals surface area contributed by atoms with Crippen LogP contribution < -0.4 is 10.1 Å². The second kappa shape index (κ2) is 8.56. The number of likely N-dealkylation sites (tertiary alicyclic amines) is 1. The SMILES string of the molecule is COc1ccc(C=C2Sc3ccc(C(=O)N4CC(C)CC(C)C4)cc3NC2=O)cc1. The molecule has 0 spiro atoms. The molecule has 1 fully saturated rings. The van der Waals surface area contributed by atoms with Crippen LogP contribution >= 0.6 is 11.8 Å². The predicted octanol–water partition coefficient (Wildman–Crippen LogP) is 4.90. The van der Waals surface area contributed by atoms with E-state index in [2.05, 4.69) is 19.2 Å². The lowest BCUT2D eigenvalue weighted by Crippen LogP contribution is -2.42. The van der Waals surface area contributed by atoms with Crippen molar-refractivity contribution < 1.29 is 14.3 Å². The van der Waals surface area contributed by atoms with Gasteiger partial charge >= 0.3 is 0 Å². The third kappa shape index (κ3) is 4.38. The van der Waals surface area contributed by atoms with Gasteiger partial charge in [0.15, 0.2) is 0 Å². The molecule has 0 aromatic heterocycles. The summed E-state index contributed by atoms with van der Waals surface area (Å²) in [6, 6.07) is 13.1. The molecule has 6 heteroatoms. The van der Waals surface area contributed by atoms with Crippen molar-refractivity contribution in [3.63, 3.8) is 0 Å². The molecule has 0 aliphatic carbocycles. The van der Waals surface area contributed by atoms with Crippen molar-refractivity contribution in [1.82, 2.24) is 4.90 Å². The van der Waals surface area contributed by atoms with Crippen molar-refractivity contribution in [3.8, 4) is 5.75 Å². The van der Waals surface area contributed by atoms with Crippen LogP contribution in [-0.4, -0.2) is 36.9 Å². The number of ether oxygens (including phenoxy) is 1. The normalized spacial score (nSPS) is 22.4. The van der Waals surface area contributed by atoms with E-state index in [0.717, 1.165) is 35.7 Å². The van der Waals surface area contributed by atoms with Gasteiger partial charge in [-0.1, -0.05) is 37.7 Å². The van der Waals surface area contributed by atoms with Gasteiger partial charge in [-0.15, -0.1) is 0 Å². The minimum atomic E-state index is -0.159.